The average Bonchev–Trinajstić information content (AvgIpc) is 2.91. The predicted molar refractivity (Wildman–Crippen MR) is 73.9 cm³/mol. The third-order valence-corrected chi connectivity index (χ3v) is 5.92. The molecule has 2 N–H and O–H groups in total. The van der Waals surface area contributed by atoms with Crippen LogP contribution in [0, 0.1) is 5.92 Å². The van der Waals surface area contributed by atoms with Gasteiger partial charge in [-0.3, -0.25) is 0 Å². The van der Waals surface area contributed by atoms with E-state index in [2.05, 4.69) is 6.07 Å². The topological polar surface area (TPSA) is 69.4 Å². The van der Waals surface area contributed by atoms with Gasteiger partial charge >= 0.3 is 0 Å². The van der Waals surface area contributed by atoms with Crippen molar-refractivity contribution in [1.29, 1.82) is 0 Å². The molecule has 0 aromatic heterocycles. The van der Waals surface area contributed by atoms with Crippen molar-refractivity contribution in [2.45, 2.75) is 31.4 Å². The van der Waals surface area contributed by atoms with Crippen LogP contribution >= 0.6 is 0 Å². The van der Waals surface area contributed by atoms with Crippen LogP contribution in [0.5, 0.6) is 5.75 Å². The highest BCUT2D eigenvalue weighted by Crippen LogP contribution is 2.31. The number of rotatable bonds is 3. The second kappa shape index (κ2) is 4.80. The highest BCUT2D eigenvalue weighted by molar-refractivity contribution is 7.91. The van der Waals surface area contributed by atoms with Crippen molar-refractivity contribution in [2.24, 2.45) is 11.7 Å². The zero-order valence-corrected chi connectivity index (χ0v) is 11.6. The summed E-state index contributed by atoms with van der Waals surface area (Å²) in [5.74, 6) is 1.57. The van der Waals surface area contributed by atoms with Crippen molar-refractivity contribution in [1.82, 2.24) is 0 Å². The van der Waals surface area contributed by atoms with Crippen LogP contribution < -0.4 is 10.5 Å². The van der Waals surface area contributed by atoms with Gasteiger partial charge in [-0.05, 0) is 24.0 Å². The summed E-state index contributed by atoms with van der Waals surface area (Å²) < 4.78 is 28.8. The van der Waals surface area contributed by atoms with Crippen LogP contribution in [0.15, 0.2) is 24.3 Å². The second-order valence-electron chi connectivity index (χ2n) is 5.61. The van der Waals surface area contributed by atoms with E-state index in [4.69, 9.17) is 10.5 Å². The Morgan fingerprint density at radius 3 is 2.84 bits per heavy atom. The molecule has 0 bridgehead atoms. The molecule has 1 aromatic rings. The molecule has 2 aliphatic heterocycles. The normalized spacial score (nSPS) is 29.7. The maximum atomic E-state index is 11.5. The fourth-order valence-electron chi connectivity index (χ4n) is 3.04. The lowest BCUT2D eigenvalue weighted by Crippen LogP contribution is -2.35. The number of sulfone groups is 1. The number of hydrogen-bond donors (Lipinski definition) is 1. The molecule has 0 saturated carbocycles. The molecule has 0 radical (unpaired) electrons. The monoisotopic (exact) mass is 281 g/mol. The quantitative estimate of drug-likeness (QED) is 0.902. The Bertz CT molecular complexity index is 545. The number of fused-ring (bicyclic) bond motifs is 1. The maximum absolute atomic E-state index is 11.5. The SMILES string of the molecule is NC(CC1Cc2ccccc2O1)C1CCS(=O)(=O)C1. The molecule has 1 fully saturated rings. The van der Waals surface area contributed by atoms with E-state index >= 15 is 0 Å². The van der Waals surface area contributed by atoms with Crippen LogP contribution in [0.4, 0.5) is 0 Å². The van der Waals surface area contributed by atoms with E-state index in [0.717, 1.165) is 18.6 Å². The molecule has 3 unspecified atom stereocenters. The zero-order chi connectivity index (χ0) is 13.5. The van der Waals surface area contributed by atoms with Crippen LogP contribution in [-0.4, -0.2) is 32.1 Å². The molecule has 0 spiro atoms. The molecule has 3 rings (SSSR count). The minimum atomic E-state index is -2.85. The summed E-state index contributed by atoms with van der Waals surface area (Å²) in [6, 6.07) is 7.93. The first kappa shape index (κ1) is 12.9. The van der Waals surface area contributed by atoms with Gasteiger partial charge in [0.2, 0.25) is 0 Å². The van der Waals surface area contributed by atoms with E-state index in [1.54, 1.807) is 0 Å². The fraction of sp³-hybridized carbons (Fsp3) is 0.571. The van der Waals surface area contributed by atoms with Crippen LogP contribution in [0.1, 0.15) is 18.4 Å². The standard InChI is InChI=1S/C14H19NO3S/c15-13(11-5-6-19(16,17)9-11)8-12-7-10-3-1-2-4-14(10)18-12/h1-4,11-13H,5-9,15H2. The number of hydrogen-bond acceptors (Lipinski definition) is 4. The number of ether oxygens (including phenoxy) is 1. The third-order valence-electron chi connectivity index (χ3n) is 4.12. The summed E-state index contributed by atoms with van der Waals surface area (Å²) in [4.78, 5) is 0. The van der Waals surface area contributed by atoms with Gasteiger partial charge in [0.05, 0.1) is 11.5 Å². The first-order chi connectivity index (χ1) is 9.03. The minimum absolute atomic E-state index is 0.0865. The summed E-state index contributed by atoms with van der Waals surface area (Å²) in [6.45, 7) is 0. The summed E-state index contributed by atoms with van der Waals surface area (Å²) in [5.41, 5.74) is 7.39. The third kappa shape index (κ3) is 2.77. The van der Waals surface area contributed by atoms with Crippen molar-refractivity contribution in [2.75, 3.05) is 11.5 Å². The Labute approximate surface area is 113 Å². The lowest BCUT2D eigenvalue weighted by atomic mass is 9.93. The summed E-state index contributed by atoms with van der Waals surface area (Å²) in [5, 5.41) is 0. The lowest BCUT2D eigenvalue weighted by Gasteiger charge is -2.21. The van der Waals surface area contributed by atoms with E-state index in [1.165, 1.54) is 5.56 Å². The molecule has 1 aromatic carbocycles. The van der Waals surface area contributed by atoms with Gasteiger partial charge in [0, 0.05) is 18.9 Å². The molecule has 0 aliphatic carbocycles. The van der Waals surface area contributed by atoms with Crippen LogP contribution in [-0.2, 0) is 16.3 Å². The average molecular weight is 281 g/mol. The predicted octanol–water partition coefficient (Wildman–Crippen LogP) is 1.14. The Hall–Kier alpha value is -1.07. The maximum Gasteiger partial charge on any atom is 0.150 e. The van der Waals surface area contributed by atoms with E-state index < -0.39 is 9.84 Å². The Morgan fingerprint density at radius 1 is 1.37 bits per heavy atom. The first-order valence-electron chi connectivity index (χ1n) is 6.74. The second-order valence-corrected chi connectivity index (χ2v) is 7.84. The van der Waals surface area contributed by atoms with E-state index in [-0.39, 0.29) is 29.6 Å². The van der Waals surface area contributed by atoms with Crippen molar-refractivity contribution in [3.8, 4) is 5.75 Å². The van der Waals surface area contributed by atoms with Gasteiger partial charge < -0.3 is 10.5 Å². The molecule has 19 heavy (non-hydrogen) atoms. The molecule has 5 heteroatoms. The van der Waals surface area contributed by atoms with Crippen LogP contribution in [0.3, 0.4) is 0 Å². The summed E-state index contributed by atoms with van der Waals surface area (Å²) >= 11 is 0. The molecule has 4 nitrogen and oxygen atoms in total. The molecule has 3 atom stereocenters. The smallest absolute Gasteiger partial charge is 0.150 e. The Balaban J connectivity index is 1.59. The van der Waals surface area contributed by atoms with Crippen molar-refractivity contribution in [3.63, 3.8) is 0 Å². The molecule has 0 amide bonds. The van der Waals surface area contributed by atoms with Crippen LogP contribution in [0.25, 0.3) is 0 Å². The Morgan fingerprint density at radius 2 is 2.16 bits per heavy atom. The Kier molecular flexibility index (Phi) is 3.27. The minimum Gasteiger partial charge on any atom is -0.490 e. The van der Waals surface area contributed by atoms with E-state index in [9.17, 15) is 8.42 Å². The number of nitrogens with two attached hydrogens (primary N) is 1. The number of para-hydroxylation sites is 1. The van der Waals surface area contributed by atoms with Gasteiger partial charge in [0.15, 0.2) is 9.84 Å². The van der Waals surface area contributed by atoms with Gasteiger partial charge in [0.25, 0.3) is 0 Å². The largest absolute Gasteiger partial charge is 0.490 e. The van der Waals surface area contributed by atoms with Gasteiger partial charge in [-0.1, -0.05) is 18.2 Å². The van der Waals surface area contributed by atoms with Gasteiger partial charge in [-0.2, -0.15) is 0 Å². The molecular formula is C14H19NO3S. The number of benzene rings is 1. The molecule has 1 saturated heterocycles. The van der Waals surface area contributed by atoms with Gasteiger partial charge in [-0.15, -0.1) is 0 Å². The van der Waals surface area contributed by atoms with Crippen LogP contribution in [0.2, 0.25) is 0 Å². The van der Waals surface area contributed by atoms with Gasteiger partial charge in [-0.25, -0.2) is 8.42 Å². The molecule has 2 aliphatic rings. The summed E-state index contributed by atoms with van der Waals surface area (Å²) in [6.07, 6.45) is 2.40. The molecule has 2 heterocycles. The van der Waals surface area contributed by atoms with Crippen molar-refractivity contribution >= 4 is 9.84 Å². The van der Waals surface area contributed by atoms with E-state index in [1.807, 2.05) is 18.2 Å². The molecular weight excluding hydrogens is 262 g/mol. The highest BCUT2D eigenvalue weighted by Gasteiger charge is 2.34. The van der Waals surface area contributed by atoms with E-state index in [0.29, 0.717) is 6.42 Å². The van der Waals surface area contributed by atoms with Crippen molar-refractivity contribution < 1.29 is 13.2 Å². The zero-order valence-electron chi connectivity index (χ0n) is 10.8. The fourth-order valence-corrected chi connectivity index (χ4v) is 4.94. The van der Waals surface area contributed by atoms with Gasteiger partial charge in [0.1, 0.15) is 11.9 Å². The van der Waals surface area contributed by atoms with Crippen molar-refractivity contribution in [3.05, 3.63) is 29.8 Å². The molecule has 104 valence electrons. The lowest BCUT2D eigenvalue weighted by molar-refractivity contribution is 0.198. The first-order valence-corrected chi connectivity index (χ1v) is 8.56. The highest BCUT2D eigenvalue weighted by atomic mass is 32.2. The summed E-state index contributed by atoms with van der Waals surface area (Å²) in [7, 11) is -2.85.